The second-order valence-electron chi connectivity index (χ2n) is 14.1. The maximum Gasteiger partial charge on any atom is 0.288 e. The van der Waals surface area contributed by atoms with Crippen LogP contribution in [0.2, 0.25) is 0 Å². The van der Waals surface area contributed by atoms with Gasteiger partial charge in [0.05, 0.1) is 82.3 Å². The van der Waals surface area contributed by atoms with Gasteiger partial charge in [-0.3, -0.25) is 14.1 Å². The molecule has 4 N–H and O–H groups in total. The summed E-state index contributed by atoms with van der Waals surface area (Å²) in [6, 6.07) is 4.68. The average Bonchev–Trinajstić information content (AvgIpc) is 3.66. The molecule has 4 unspecified atom stereocenters. The lowest BCUT2D eigenvalue weighted by molar-refractivity contribution is 0.0730. The van der Waals surface area contributed by atoms with Crippen LogP contribution in [0.4, 0.5) is 20.2 Å². The van der Waals surface area contributed by atoms with Crippen LogP contribution >= 0.6 is 7.14 Å². The van der Waals surface area contributed by atoms with Crippen molar-refractivity contribution in [1.29, 1.82) is 0 Å². The Morgan fingerprint density at radius 1 is 0.815 bits per heavy atom. The van der Waals surface area contributed by atoms with Crippen LogP contribution in [0.3, 0.4) is 0 Å². The lowest BCUT2D eigenvalue weighted by Crippen LogP contribution is -2.47. The van der Waals surface area contributed by atoms with Crippen molar-refractivity contribution in [2.24, 2.45) is 0 Å². The Kier molecular flexibility index (Phi) is 12.1. The lowest BCUT2D eigenvalue weighted by atomic mass is 10.1. The van der Waals surface area contributed by atoms with E-state index >= 15 is 0 Å². The summed E-state index contributed by atoms with van der Waals surface area (Å²) < 4.78 is 99.9. The highest BCUT2D eigenvalue weighted by molar-refractivity contribution is 7.86. The zero-order chi connectivity index (χ0) is 38.8. The van der Waals surface area contributed by atoms with Gasteiger partial charge in [-0.2, -0.15) is 8.42 Å². The molecule has 54 heavy (non-hydrogen) atoms. The average molecular weight is 801 g/mol. The first-order valence-corrected chi connectivity index (χ1v) is 21.8. The molecule has 2 fully saturated rings. The minimum Gasteiger partial charge on any atom is -0.493 e. The molecule has 4 heterocycles. The Hall–Kier alpha value is -3.86. The molecule has 0 aromatic heterocycles. The van der Waals surface area contributed by atoms with E-state index in [1.807, 2.05) is 0 Å². The number of aliphatic hydroxyl groups excluding tert-OH is 1. The summed E-state index contributed by atoms with van der Waals surface area (Å²) >= 11 is 0. The van der Waals surface area contributed by atoms with Crippen molar-refractivity contribution in [1.82, 2.24) is 9.80 Å². The second-order valence-corrected chi connectivity index (χ2v) is 19.1. The number of carbonyl (C=O) groups excluding carboxylic acids is 2. The molecule has 19 heteroatoms. The molecule has 6 atom stereocenters. The Balaban J connectivity index is 1.07. The van der Waals surface area contributed by atoms with Crippen molar-refractivity contribution in [3.05, 3.63) is 35.4 Å². The lowest BCUT2D eigenvalue weighted by Gasteiger charge is -2.26. The summed E-state index contributed by atoms with van der Waals surface area (Å²) in [6.45, 7) is 0.322. The maximum atomic E-state index is 14.3. The van der Waals surface area contributed by atoms with Gasteiger partial charge in [0.1, 0.15) is 12.3 Å². The molecule has 298 valence electrons. The Morgan fingerprint density at radius 3 is 1.94 bits per heavy atom. The molecule has 0 bridgehead atoms. The summed E-state index contributed by atoms with van der Waals surface area (Å²) in [4.78, 5) is 29.2. The zero-order valence-electron chi connectivity index (χ0n) is 30.2. The van der Waals surface area contributed by atoms with E-state index in [0.717, 1.165) is 4.90 Å². The molecular formula is C35H47F2N4O11PS. The second kappa shape index (κ2) is 16.5. The highest BCUT2D eigenvalue weighted by Gasteiger charge is 2.48. The first-order valence-electron chi connectivity index (χ1n) is 18.0. The van der Waals surface area contributed by atoms with E-state index in [4.69, 9.17) is 18.9 Å². The topological polar surface area (TPSA) is 193 Å². The van der Waals surface area contributed by atoms with Crippen LogP contribution in [-0.2, 0) is 14.7 Å². The van der Waals surface area contributed by atoms with Crippen LogP contribution in [0.25, 0.3) is 0 Å². The van der Waals surface area contributed by atoms with E-state index in [1.54, 1.807) is 17.0 Å². The third-order valence-corrected chi connectivity index (χ3v) is 14.9. The van der Waals surface area contributed by atoms with Gasteiger partial charge in [0.15, 0.2) is 28.4 Å². The number of amides is 2. The fourth-order valence-electron chi connectivity index (χ4n) is 7.74. The van der Waals surface area contributed by atoms with Gasteiger partial charge in [0, 0.05) is 56.6 Å². The molecule has 0 spiro atoms. The zero-order valence-corrected chi connectivity index (χ0v) is 31.9. The molecular weight excluding hydrogens is 753 g/mol. The summed E-state index contributed by atoms with van der Waals surface area (Å²) in [7, 11) is -4.72. The van der Waals surface area contributed by atoms with Crippen molar-refractivity contribution in [2.75, 3.05) is 82.8 Å². The Labute approximate surface area is 312 Å². The number of nitrogens with one attached hydrogen (secondary N) is 2. The molecule has 15 nitrogen and oxygen atoms in total. The third kappa shape index (κ3) is 8.51. The highest BCUT2D eigenvalue weighted by atomic mass is 32.2. The number of rotatable bonds is 16. The summed E-state index contributed by atoms with van der Waals surface area (Å²) in [5.41, 5.74) is 1.04. The molecule has 2 amide bonds. The summed E-state index contributed by atoms with van der Waals surface area (Å²) in [6.07, 6.45) is -0.390. The quantitative estimate of drug-likeness (QED) is 0.109. The van der Waals surface area contributed by atoms with E-state index in [1.165, 1.54) is 26.4 Å². The Morgan fingerprint density at radius 2 is 1.35 bits per heavy atom. The molecule has 0 aliphatic carbocycles. The van der Waals surface area contributed by atoms with Gasteiger partial charge in [-0.1, -0.05) is 0 Å². The van der Waals surface area contributed by atoms with E-state index in [0.29, 0.717) is 67.0 Å². The van der Waals surface area contributed by atoms with Crippen LogP contribution < -0.4 is 29.6 Å². The number of nitrogens with zero attached hydrogens (tertiary/aromatic N) is 2. The number of aliphatic hydroxyl groups is 1. The van der Waals surface area contributed by atoms with E-state index < -0.39 is 46.9 Å². The predicted molar refractivity (Wildman–Crippen MR) is 196 cm³/mol. The molecule has 0 saturated carbocycles. The Bertz CT molecular complexity index is 1890. The number of benzene rings is 2. The number of hydrogen-bond acceptors (Lipinski definition) is 12. The van der Waals surface area contributed by atoms with E-state index in [9.17, 15) is 41.0 Å². The number of halogens is 2. The predicted octanol–water partition coefficient (Wildman–Crippen LogP) is 3.86. The monoisotopic (exact) mass is 800 g/mol. The van der Waals surface area contributed by atoms with Crippen LogP contribution in [0.5, 0.6) is 23.0 Å². The number of fused-ring (bicyclic) bond motifs is 4. The SMILES string of the molecule is COc1cc2c(cc1OCCCP(=O)(CCCO)CCCOc1cc3c(cc1OC)C(=O)N1CC(F)C[C@H]1C(S(=O)(=O)O)N3)NC[C@@H]1CC(F)CN1C2=O. The first-order chi connectivity index (χ1) is 25.7. The van der Waals surface area contributed by atoms with E-state index in [-0.39, 0.29) is 80.5 Å². The fourth-order valence-corrected chi connectivity index (χ4v) is 11.5. The van der Waals surface area contributed by atoms with Gasteiger partial charge in [0.25, 0.3) is 21.9 Å². The third-order valence-electron chi connectivity index (χ3n) is 10.4. The van der Waals surface area contributed by atoms with Gasteiger partial charge in [-0.15, -0.1) is 0 Å². The number of methoxy groups -OCH3 is 2. The number of anilines is 2. The van der Waals surface area contributed by atoms with Crippen molar-refractivity contribution in [3.63, 3.8) is 0 Å². The van der Waals surface area contributed by atoms with Crippen LogP contribution in [0.15, 0.2) is 24.3 Å². The smallest absolute Gasteiger partial charge is 0.288 e. The minimum atomic E-state index is -4.74. The molecule has 2 aromatic rings. The molecule has 2 aromatic carbocycles. The standard InChI is InChI=1S/C35H47F2N4O11PS/c1-49-29-14-24-26(38-18-23-12-21(36)19-40(23)34(24)43)16-31(29)51-7-4-10-53(45,9-3-6-42)11-5-8-52-32-17-27-25(15-30(32)50-2)35(44)41-20-22(37)13-28(41)33(39-27)54(46,47)48/h14-17,21-23,28,33,38-39,42H,3-13,18-20H2,1-2H3,(H,46,47,48)/t21?,22?,23-,28-,33?,53?/m0/s1. The van der Waals surface area contributed by atoms with Crippen molar-refractivity contribution >= 4 is 40.4 Å². The molecule has 2 saturated heterocycles. The van der Waals surface area contributed by atoms with Gasteiger partial charge < -0.3 is 49.1 Å². The summed E-state index contributed by atoms with van der Waals surface area (Å²) in [5, 5.41) is 13.8. The summed E-state index contributed by atoms with van der Waals surface area (Å²) in [5.74, 6) is 0.207. The molecule has 4 aliphatic heterocycles. The normalized spacial score (nSPS) is 24.5. The fraction of sp³-hybridized carbons (Fsp3) is 0.600. The number of carbonyl (C=O) groups is 2. The maximum absolute atomic E-state index is 14.3. The van der Waals surface area contributed by atoms with Crippen LogP contribution in [0, 0.1) is 0 Å². The highest BCUT2D eigenvalue weighted by Crippen LogP contribution is 2.48. The largest absolute Gasteiger partial charge is 0.493 e. The number of alkyl halides is 2. The van der Waals surface area contributed by atoms with Crippen molar-refractivity contribution in [2.45, 2.75) is 61.9 Å². The van der Waals surface area contributed by atoms with Crippen LogP contribution in [-0.4, -0.2) is 142 Å². The molecule has 4 aliphatic rings. The van der Waals surface area contributed by atoms with Gasteiger partial charge in [0.2, 0.25) is 0 Å². The number of ether oxygens (including phenoxy) is 4. The minimum absolute atomic E-state index is 0.0324. The molecule has 6 rings (SSSR count). The number of hydrogen-bond donors (Lipinski definition) is 4. The van der Waals surface area contributed by atoms with Gasteiger partial charge >= 0.3 is 0 Å². The van der Waals surface area contributed by atoms with Crippen molar-refractivity contribution < 1.29 is 60.0 Å². The van der Waals surface area contributed by atoms with E-state index in [2.05, 4.69) is 10.6 Å². The van der Waals surface area contributed by atoms with Gasteiger partial charge in [-0.25, -0.2) is 8.78 Å². The molecule has 0 radical (unpaired) electrons. The van der Waals surface area contributed by atoms with Gasteiger partial charge in [-0.05, 0) is 31.4 Å². The van der Waals surface area contributed by atoms with Crippen LogP contribution in [0.1, 0.15) is 52.8 Å². The van der Waals surface area contributed by atoms with Crippen molar-refractivity contribution in [3.8, 4) is 23.0 Å². The first kappa shape index (κ1) is 39.8.